The fraction of sp³-hybridized carbons (Fsp3) is 0.205. The third-order valence-corrected chi connectivity index (χ3v) is 19.4. The molecule has 10 aromatic carbocycles. The smallest absolute Gasteiger partial charge is 0.0131 e. The van der Waals surface area contributed by atoms with Gasteiger partial charge in [0, 0.05) is 11.9 Å². The normalized spacial score (nSPS) is 13.7. The van der Waals surface area contributed by atoms with Gasteiger partial charge >= 0.3 is 331 Å². The molecule has 2 aliphatic heterocycles. The maximum atomic E-state index is 7.29. The van der Waals surface area contributed by atoms with Gasteiger partial charge in [0.1, 0.15) is 0 Å². The third kappa shape index (κ3) is 9.90. The number of benzene rings is 10. The Bertz CT molecular complexity index is 4690. The maximum Gasteiger partial charge on any atom is -0.0131 e. The van der Waals surface area contributed by atoms with Crippen molar-refractivity contribution in [2.45, 2.75) is 110 Å². The third-order valence-electron chi connectivity index (χ3n) is 18.4. The number of hydrogen-bond acceptors (Lipinski definition) is 4. The topological polar surface area (TPSA) is 38.5 Å². The van der Waals surface area contributed by atoms with Crippen LogP contribution < -0.4 is 14.5 Å². The monoisotopic (exact) mass is 1350 g/mol. The average molecular weight is 1360 g/mol. The molecule has 0 saturated carbocycles. The van der Waals surface area contributed by atoms with Crippen LogP contribution in [0.4, 0.5) is 34.3 Å². The minimum atomic E-state index is -0.768. The molecule has 6 nitrogen and oxygen atoms in total. The molecule has 90 heavy (non-hydrogen) atoms. The van der Waals surface area contributed by atoms with Gasteiger partial charge in [-0.3, -0.25) is 0 Å². The van der Waals surface area contributed by atoms with E-state index < -0.39 is 5.41 Å². The summed E-state index contributed by atoms with van der Waals surface area (Å²) in [6.07, 6.45) is 1.97. The van der Waals surface area contributed by atoms with E-state index >= 15 is 0 Å². The van der Waals surface area contributed by atoms with Crippen LogP contribution in [0, 0.1) is 3.80 Å². The second-order valence-corrected chi connectivity index (χ2v) is 29.5. The zero-order valence-corrected chi connectivity index (χ0v) is 55.9. The van der Waals surface area contributed by atoms with E-state index in [1.54, 1.807) is 0 Å². The molecule has 450 valence electrons. The Labute approximate surface area is 542 Å². The largest absolute Gasteiger partial charge is 0.0561 e. The molecule has 7 heteroatoms. The molecule has 2 aliphatic rings. The van der Waals surface area contributed by atoms with Gasteiger partial charge in [0.05, 0.1) is 11.4 Å². The first-order valence-corrected chi connectivity index (χ1v) is 32.6. The summed E-state index contributed by atoms with van der Waals surface area (Å²) in [4.78, 5) is 10.2. The van der Waals surface area contributed by atoms with E-state index in [1.807, 2.05) is 6.20 Å². The molecule has 0 fully saturated rings. The van der Waals surface area contributed by atoms with E-state index in [2.05, 4.69) is 364 Å². The van der Waals surface area contributed by atoms with Crippen molar-refractivity contribution in [1.29, 1.82) is 0 Å². The number of rotatable bonds is 8. The summed E-state index contributed by atoms with van der Waals surface area (Å²) in [7, 11) is 0. The predicted octanol–water partition coefficient (Wildman–Crippen LogP) is 22.2. The second-order valence-electron chi connectivity index (χ2n) is 28.5. The molecule has 4 heterocycles. The molecule has 0 amide bonds. The number of nitrogens with zero attached hydrogens (tertiary/aromatic N) is 5. The van der Waals surface area contributed by atoms with Gasteiger partial charge in [0.15, 0.2) is 0 Å². The summed E-state index contributed by atoms with van der Waals surface area (Å²) in [5.41, 5.74) is 23.2. The van der Waals surface area contributed by atoms with E-state index in [9.17, 15) is 0 Å². The Morgan fingerprint density at radius 1 is 0.356 bits per heavy atom. The van der Waals surface area contributed by atoms with Crippen molar-refractivity contribution in [2.75, 3.05) is 9.80 Å². The molecule has 0 N–H and O–H groups in total. The number of anilines is 6. The Kier molecular flexibility index (Phi) is 14.2. The van der Waals surface area contributed by atoms with Gasteiger partial charge in [-0.05, 0) is 63.3 Å². The number of ether oxygens (including phenoxy) is 1. The molecule has 0 bridgehead atoms. The van der Waals surface area contributed by atoms with Gasteiger partial charge in [-0.15, -0.1) is 0 Å². The first-order chi connectivity index (χ1) is 43.1. The molecule has 12 aromatic rings. The van der Waals surface area contributed by atoms with E-state index in [0.29, 0.717) is 5.75 Å². The minimum absolute atomic E-state index is 0.0755. The van der Waals surface area contributed by atoms with Crippen LogP contribution in [0.3, 0.4) is 0 Å². The van der Waals surface area contributed by atoms with Gasteiger partial charge in [0.2, 0.25) is 0 Å². The van der Waals surface area contributed by atoms with Gasteiger partial charge in [-0.25, -0.2) is 0 Å². The molecule has 1 spiro atoms. The van der Waals surface area contributed by atoms with Crippen molar-refractivity contribution in [3.63, 3.8) is 0 Å². The summed E-state index contributed by atoms with van der Waals surface area (Å²) in [6.45, 7) is 27.7. The average Bonchev–Trinajstić information content (AvgIpc) is 0.786. The van der Waals surface area contributed by atoms with Crippen molar-refractivity contribution < 1.29 is 24.1 Å². The van der Waals surface area contributed by atoms with Crippen LogP contribution in [0.2, 0.25) is 0 Å². The fourth-order valence-electron chi connectivity index (χ4n) is 13.7. The Morgan fingerprint density at radius 2 is 0.811 bits per heavy atom. The number of hydrogen-bond donors (Lipinski definition) is 0. The summed E-state index contributed by atoms with van der Waals surface area (Å²) in [6, 6.07) is 89.6. The van der Waals surface area contributed by atoms with E-state index in [0.717, 1.165) is 82.9 Å². The Morgan fingerprint density at radius 3 is 1.34 bits per heavy atom. The summed E-state index contributed by atoms with van der Waals surface area (Å²) >= 11 is 2.55. The van der Waals surface area contributed by atoms with Crippen molar-refractivity contribution >= 4 is 45.3 Å². The van der Waals surface area contributed by atoms with Crippen molar-refractivity contribution in [2.24, 2.45) is 0 Å². The Hall–Kier alpha value is -9.09. The molecule has 0 saturated heterocycles. The molecule has 0 atom stereocenters. The zero-order valence-electron chi connectivity index (χ0n) is 53.6. The van der Waals surface area contributed by atoms with Crippen LogP contribution >= 0.6 is 0 Å². The van der Waals surface area contributed by atoms with Crippen LogP contribution in [0.15, 0.2) is 249 Å². The molecule has 0 aliphatic carbocycles. The molecule has 0 radical (unpaired) electrons. The van der Waals surface area contributed by atoms with Crippen molar-refractivity contribution in [1.82, 2.24) is 14.1 Å². The first-order valence-electron chi connectivity index (χ1n) is 31.5. The maximum absolute atomic E-state index is 7.29. The molecule has 0 unspecified atom stereocenters. The van der Waals surface area contributed by atoms with Gasteiger partial charge < -0.3 is 4.90 Å². The van der Waals surface area contributed by atoms with E-state index in [-0.39, 0.29) is 21.7 Å². The van der Waals surface area contributed by atoms with E-state index in [4.69, 9.17) is 9.72 Å². The Balaban J connectivity index is 0.959. The number of para-hydroxylation sites is 5. The van der Waals surface area contributed by atoms with Crippen LogP contribution in [0.5, 0.6) is 11.5 Å². The van der Waals surface area contributed by atoms with Crippen molar-refractivity contribution in [3.05, 3.63) is 297 Å². The van der Waals surface area contributed by atoms with Crippen LogP contribution in [0.1, 0.15) is 128 Å². The van der Waals surface area contributed by atoms with Gasteiger partial charge in [-0.2, -0.15) is 0 Å². The standard InChI is InChI=1S/C83H77N5O.Pt/c1-79(2,3)57-44-45-84-77(51-57)88-73-39-24-21-36-69(73)83(67-34-19-22-37-71(67)87(72-38-23-20-35-68(72)83)62-47-58(80(4,5)6)46-59(48-62)81(7,8)9)70-43-42-64(53-76(70)88)89-63-33-27-32-61(52-63)85-54-86(75-41-26-25-40-74(75)85)78-65(55-28-15-13-16-29-55)49-60(82(10,11)12)50-66(78)56-30-17-14-18-31-56;/h13-53H,1-12H3;. The van der Waals surface area contributed by atoms with Crippen LogP contribution in [-0.4, -0.2) is 14.1 Å². The summed E-state index contributed by atoms with van der Waals surface area (Å²) in [5.74, 6) is 2.28. The first kappa shape index (κ1) is 58.6. The summed E-state index contributed by atoms with van der Waals surface area (Å²) in [5, 5.41) is 0. The quantitative estimate of drug-likeness (QED) is 0.152. The predicted molar refractivity (Wildman–Crippen MR) is 371 cm³/mol. The van der Waals surface area contributed by atoms with Crippen LogP contribution in [-0.2, 0) is 46.4 Å². The number of pyridine rings is 1. The number of aromatic nitrogens is 3. The molecule has 2 aromatic heterocycles. The summed E-state index contributed by atoms with van der Waals surface area (Å²) < 4.78 is 13.2. The minimum Gasteiger partial charge on any atom is -0.0561 e. The van der Waals surface area contributed by atoms with E-state index in [1.165, 1.54) is 50.1 Å². The zero-order chi connectivity index (χ0) is 62.6. The molecule has 14 rings (SSSR count). The van der Waals surface area contributed by atoms with Gasteiger partial charge in [0.25, 0.3) is 0 Å². The van der Waals surface area contributed by atoms with Gasteiger partial charge in [-0.1, -0.05) is 123 Å². The molecular weight excluding hydrogens is 1280 g/mol. The van der Waals surface area contributed by atoms with Crippen molar-refractivity contribution in [3.8, 4) is 45.1 Å². The second kappa shape index (κ2) is 21.8. The number of fused-ring (bicyclic) bond motifs is 9. The molecular formula is C83H77N5OPt. The number of imidazole rings is 1. The fourth-order valence-corrected chi connectivity index (χ4v) is 14.8. The van der Waals surface area contributed by atoms with Crippen LogP contribution in [0.25, 0.3) is 44.7 Å². The SMILES string of the molecule is CC(C)(C)c1cc(N2c3ccccc3C3(c4ccccc42)c2ccccc2N(c2cc(C(C)(C)C)ccn2)c2cc(Oc4cccc(-n5[c](=[Pt])n(-c6c(-c7ccccc7)cc(C(C)(C)C)cc6-c6ccccc6)c6ccccc65)c4)ccc23)cc(C(C)(C)C)c1.